The van der Waals surface area contributed by atoms with Gasteiger partial charge in [-0.2, -0.15) is 0 Å². The number of fused-ring (bicyclic) bond motifs is 2. The number of carbonyl (C=O) groups is 1. The van der Waals surface area contributed by atoms with E-state index in [2.05, 4.69) is 11.9 Å². The molecule has 0 aliphatic carbocycles. The summed E-state index contributed by atoms with van der Waals surface area (Å²) >= 11 is 0. The molecule has 2 bridgehead atoms. The Hall–Kier alpha value is -0.830. The average molecular weight is 223 g/mol. The van der Waals surface area contributed by atoms with Crippen LogP contribution in [0.25, 0.3) is 0 Å². The van der Waals surface area contributed by atoms with E-state index in [-0.39, 0.29) is 12.1 Å². The summed E-state index contributed by atoms with van der Waals surface area (Å²) in [7, 11) is 2.19. The van der Waals surface area contributed by atoms with Crippen LogP contribution in [-0.2, 0) is 9.53 Å². The first-order valence-corrected chi connectivity index (χ1v) is 6.13. The third-order valence-electron chi connectivity index (χ3n) is 3.74. The zero-order chi connectivity index (χ0) is 11.7. The van der Waals surface area contributed by atoms with Crippen molar-refractivity contribution in [2.75, 3.05) is 7.05 Å². The molecule has 2 unspecified atom stereocenters. The molecule has 3 heteroatoms. The van der Waals surface area contributed by atoms with Crippen molar-refractivity contribution >= 4 is 5.97 Å². The SMILES string of the molecule is CC(C)=CC(=O)OC1CC2CCC(C1)N2C. The highest BCUT2D eigenvalue weighted by atomic mass is 16.5. The minimum absolute atomic E-state index is 0.136. The second kappa shape index (κ2) is 4.58. The zero-order valence-electron chi connectivity index (χ0n) is 10.4. The Balaban J connectivity index is 1.89. The van der Waals surface area contributed by atoms with Crippen LogP contribution in [0.5, 0.6) is 0 Å². The minimum Gasteiger partial charge on any atom is -0.459 e. The van der Waals surface area contributed by atoms with Crippen molar-refractivity contribution in [1.29, 1.82) is 0 Å². The van der Waals surface area contributed by atoms with E-state index >= 15 is 0 Å². The molecule has 0 aromatic heterocycles. The largest absolute Gasteiger partial charge is 0.459 e. The molecule has 0 aromatic rings. The number of hydrogen-bond acceptors (Lipinski definition) is 3. The molecule has 2 saturated heterocycles. The molecule has 16 heavy (non-hydrogen) atoms. The summed E-state index contributed by atoms with van der Waals surface area (Å²) in [4.78, 5) is 14.0. The summed E-state index contributed by atoms with van der Waals surface area (Å²) in [6.45, 7) is 3.83. The van der Waals surface area contributed by atoms with E-state index in [1.807, 2.05) is 13.8 Å². The molecule has 2 atom stereocenters. The third-order valence-corrected chi connectivity index (χ3v) is 3.74. The van der Waals surface area contributed by atoms with Gasteiger partial charge in [-0.1, -0.05) is 5.57 Å². The van der Waals surface area contributed by atoms with Crippen molar-refractivity contribution in [2.24, 2.45) is 0 Å². The number of carbonyl (C=O) groups excluding carboxylic acids is 1. The van der Waals surface area contributed by atoms with Gasteiger partial charge in [-0.15, -0.1) is 0 Å². The normalized spacial score (nSPS) is 33.6. The van der Waals surface area contributed by atoms with Gasteiger partial charge in [0.15, 0.2) is 0 Å². The van der Waals surface area contributed by atoms with E-state index in [4.69, 9.17) is 4.74 Å². The first-order chi connectivity index (χ1) is 7.56. The number of nitrogens with zero attached hydrogens (tertiary/aromatic N) is 1. The molecular formula is C13H21NO2. The lowest BCUT2D eigenvalue weighted by Crippen LogP contribution is -2.43. The maximum Gasteiger partial charge on any atom is 0.330 e. The van der Waals surface area contributed by atoms with Gasteiger partial charge in [-0.05, 0) is 33.7 Å². The number of esters is 1. The first kappa shape index (κ1) is 11.6. The Morgan fingerprint density at radius 2 is 1.81 bits per heavy atom. The van der Waals surface area contributed by atoms with Crippen LogP contribution < -0.4 is 0 Å². The van der Waals surface area contributed by atoms with E-state index in [1.165, 1.54) is 12.8 Å². The average Bonchev–Trinajstić information content (AvgIpc) is 2.43. The molecule has 3 nitrogen and oxygen atoms in total. The molecule has 2 fully saturated rings. The van der Waals surface area contributed by atoms with E-state index in [9.17, 15) is 4.79 Å². The standard InChI is InChI=1S/C13H21NO2/c1-9(2)6-13(15)16-12-7-10-4-5-11(8-12)14(10)3/h6,10-12H,4-5,7-8H2,1-3H3. The lowest BCUT2D eigenvalue weighted by Gasteiger charge is -2.35. The fraction of sp³-hybridized carbons (Fsp3) is 0.769. The van der Waals surface area contributed by atoms with Gasteiger partial charge in [0, 0.05) is 31.0 Å². The Morgan fingerprint density at radius 1 is 1.25 bits per heavy atom. The summed E-state index contributed by atoms with van der Waals surface area (Å²) in [5.41, 5.74) is 1.00. The molecule has 90 valence electrons. The molecule has 0 saturated carbocycles. The molecule has 0 aromatic carbocycles. The van der Waals surface area contributed by atoms with Crippen LogP contribution in [0.1, 0.15) is 39.5 Å². The van der Waals surface area contributed by atoms with Crippen molar-refractivity contribution in [3.8, 4) is 0 Å². The number of rotatable bonds is 2. The second-order valence-corrected chi connectivity index (χ2v) is 5.30. The van der Waals surface area contributed by atoms with Crippen LogP contribution in [0.15, 0.2) is 11.6 Å². The van der Waals surface area contributed by atoms with E-state index in [0.717, 1.165) is 18.4 Å². The number of hydrogen-bond donors (Lipinski definition) is 0. The van der Waals surface area contributed by atoms with Crippen LogP contribution in [0.4, 0.5) is 0 Å². The summed E-state index contributed by atoms with van der Waals surface area (Å²) in [5, 5.41) is 0. The minimum atomic E-state index is -0.172. The topological polar surface area (TPSA) is 29.5 Å². The lowest BCUT2D eigenvalue weighted by molar-refractivity contribution is -0.146. The van der Waals surface area contributed by atoms with Crippen molar-refractivity contribution < 1.29 is 9.53 Å². The smallest absolute Gasteiger partial charge is 0.330 e. The van der Waals surface area contributed by atoms with Crippen molar-refractivity contribution in [1.82, 2.24) is 4.90 Å². The molecule has 0 N–H and O–H groups in total. The molecule has 2 aliphatic heterocycles. The number of piperidine rings is 1. The highest BCUT2D eigenvalue weighted by molar-refractivity contribution is 5.82. The van der Waals surface area contributed by atoms with Crippen molar-refractivity contribution in [2.45, 2.75) is 57.7 Å². The quantitative estimate of drug-likeness (QED) is 0.530. The molecule has 0 spiro atoms. The Labute approximate surface area is 97.5 Å². The number of ether oxygens (including phenoxy) is 1. The van der Waals surface area contributed by atoms with Crippen molar-refractivity contribution in [3.05, 3.63) is 11.6 Å². The molecule has 0 amide bonds. The lowest BCUT2D eigenvalue weighted by atomic mass is 10.0. The highest BCUT2D eigenvalue weighted by Crippen LogP contribution is 2.35. The fourth-order valence-electron chi connectivity index (χ4n) is 2.89. The van der Waals surface area contributed by atoms with Gasteiger partial charge in [0.25, 0.3) is 0 Å². The second-order valence-electron chi connectivity index (χ2n) is 5.30. The summed E-state index contributed by atoms with van der Waals surface area (Å²) < 4.78 is 5.49. The van der Waals surface area contributed by atoms with Gasteiger partial charge in [0.1, 0.15) is 6.10 Å². The maximum absolute atomic E-state index is 11.5. The zero-order valence-corrected chi connectivity index (χ0v) is 10.4. The van der Waals surface area contributed by atoms with Gasteiger partial charge in [-0.25, -0.2) is 4.79 Å². The summed E-state index contributed by atoms with van der Waals surface area (Å²) in [5.74, 6) is -0.172. The van der Waals surface area contributed by atoms with Gasteiger partial charge in [-0.3, -0.25) is 0 Å². The monoisotopic (exact) mass is 223 g/mol. The van der Waals surface area contributed by atoms with E-state index < -0.39 is 0 Å². The van der Waals surface area contributed by atoms with Crippen LogP contribution >= 0.6 is 0 Å². The maximum atomic E-state index is 11.5. The van der Waals surface area contributed by atoms with Crippen LogP contribution in [0, 0.1) is 0 Å². The Kier molecular flexibility index (Phi) is 3.33. The first-order valence-electron chi connectivity index (χ1n) is 6.13. The fourth-order valence-corrected chi connectivity index (χ4v) is 2.89. The molecular weight excluding hydrogens is 202 g/mol. The molecule has 2 aliphatic rings. The number of allylic oxidation sites excluding steroid dienone is 1. The predicted octanol–water partition coefficient (Wildman–Crippen LogP) is 2.12. The molecule has 2 rings (SSSR count). The van der Waals surface area contributed by atoms with Crippen LogP contribution in [-0.4, -0.2) is 36.1 Å². The summed E-state index contributed by atoms with van der Waals surface area (Å²) in [6, 6.07) is 1.26. The predicted molar refractivity (Wildman–Crippen MR) is 63.1 cm³/mol. The van der Waals surface area contributed by atoms with E-state index in [0.29, 0.717) is 12.1 Å². The van der Waals surface area contributed by atoms with E-state index in [1.54, 1.807) is 6.08 Å². The highest BCUT2D eigenvalue weighted by Gasteiger charge is 2.39. The van der Waals surface area contributed by atoms with Crippen molar-refractivity contribution in [3.63, 3.8) is 0 Å². The molecule has 0 radical (unpaired) electrons. The third kappa shape index (κ3) is 2.46. The van der Waals surface area contributed by atoms with Crippen LogP contribution in [0.2, 0.25) is 0 Å². The van der Waals surface area contributed by atoms with Crippen LogP contribution in [0.3, 0.4) is 0 Å². The summed E-state index contributed by atoms with van der Waals surface area (Å²) in [6.07, 6.45) is 6.26. The Morgan fingerprint density at radius 3 is 2.31 bits per heavy atom. The van der Waals surface area contributed by atoms with Gasteiger partial charge >= 0.3 is 5.97 Å². The molecule has 2 heterocycles. The Bertz CT molecular complexity index is 293. The van der Waals surface area contributed by atoms with Gasteiger partial charge < -0.3 is 9.64 Å². The van der Waals surface area contributed by atoms with Gasteiger partial charge in [0.2, 0.25) is 0 Å². The van der Waals surface area contributed by atoms with Gasteiger partial charge in [0.05, 0.1) is 0 Å².